The van der Waals surface area contributed by atoms with Crippen LogP contribution in [0.2, 0.25) is 0 Å². The third-order valence-corrected chi connectivity index (χ3v) is 2.63. The molecule has 15 heavy (non-hydrogen) atoms. The molecule has 1 amide bonds. The topological polar surface area (TPSA) is 75.4 Å². The number of aliphatic hydroxyl groups is 1. The Balaban J connectivity index is 2.61. The Kier molecular flexibility index (Phi) is 4.61. The Hall–Kier alpha value is -1.04. The first-order valence-corrected chi connectivity index (χ1v) is 5.71. The van der Waals surface area contributed by atoms with E-state index in [0.717, 1.165) is 4.90 Å². The van der Waals surface area contributed by atoms with E-state index in [1.54, 1.807) is 23.9 Å². The Labute approximate surface area is 92.9 Å². The van der Waals surface area contributed by atoms with Crippen LogP contribution < -0.4 is 11.1 Å². The standard InChI is InChI=1S/C10H14N2O2S/c1-15-8-4-2-7(3-5-8)12-10(14)9(11)6-13/h2-5,9,13H,6,11H2,1H3,(H,12,14). The van der Waals surface area contributed by atoms with Crippen molar-refractivity contribution >= 4 is 23.4 Å². The van der Waals surface area contributed by atoms with Crippen molar-refractivity contribution in [1.82, 2.24) is 0 Å². The van der Waals surface area contributed by atoms with Gasteiger partial charge in [0.25, 0.3) is 0 Å². The highest BCUT2D eigenvalue weighted by Crippen LogP contribution is 2.17. The van der Waals surface area contributed by atoms with Crippen molar-refractivity contribution in [2.24, 2.45) is 5.73 Å². The molecule has 1 aromatic carbocycles. The SMILES string of the molecule is CSc1ccc(NC(=O)C(N)CO)cc1. The fourth-order valence-corrected chi connectivity index (χ4v) is 1.40. The minimum Gasteiger partial charge on any atom is -0.394 e. The molecule has 1 unspecified atom stereocenters. The van der Waals surface area contributed by atoms with Gasteiger partial charge in [0.2, 0.25) is 5.91 Å². The normalized spacial score (nSPS) is 12.2. The molecule has 0 aromatic heterocycles. The van der Waals surface area contributed by atoms with Crippen LogP contribution in [0.4, 0.5) is 5.69 Å². The largest absolute Gasteiger partial charge is 0.394 e. The summed E-state index contributed by atoms with van der Waals surface area (Å²) in [7, 11) is 0. The minimum atomic E-state index is -0.870. The molecule has 4 nitrogen and oxygen atoms in total. The van der Waals surface area contributed by atoms with E-state index < -0.39 is 6.04 Å². The molecule has 0 spiro atoms. The van der Waals surface area contributed by atoms with Gasteiger partial charge in [0.05, 0.1) is 6.61 Å². The molecule has 0 heterocycles. The van der Waals surface area contributed by atoms with E-state index in [1.165, 1.54) is 0 Å². The molecule has 0 saturated heterocycles. The number of anilines is 1. The second-order valence-electron chi connectivity index (χ2n) is 3.01. The van der Waals surface area contributed by atoms with Crippen molar-refractivity contribution in [1.29, 1.82) is 0 Å². The molecule has 82 valence electrons. The molecule has 0 bridgehead atoms. The van der Waals surface area contributed by atoms with Crippen LogP contribution in [0.15, 0.2) is 29.2 Å². The smallest absolute Gasteiger partial charge is 0.243 e. The van der Waals surface area contributed by atoms with Crippen LogP contribution in [-0.4, -0.2) is 29.9 Å². The van der Waals surface area contributed by atoms with Crippen LogP contribution in [0.5, 0.6) is 0 Å². The van der Waals surface area contributed by atoms with Crippen LogP contribution in [0.25, 0.3) is 0 Å². The summed E-state index contributed by atoms with van der Waals surface area (Å²) in [6.45, 7) is -0.352. The molecule has 0 fully saturated rings. The number of thioether (sulfide) groups is 1. The monoisotopic (exact) mass is 226 g/mol. The maximum absolute atomic E-state index is 11.3. The van der Waals surface area contributed by atoms with Gasteiger partial charge in [0.1, 0.15) is 6.04 Å². The summed E-state index contributed by atoms with van der Waals surface area (Å²) in [4.78, 5) is 12.4. The van der Waals surface area contributed by atoms with Gasteiger partial charge in [0, 0.05) is 10.6 Å². The van der Waals surface area contributed by atoms with Crippen molar-refractivity contribution in [3.8, 4) is 0 Å². The van der Waals surface area contributed by atoms with E-state index in [9.17, 15) is 4.79 Å². The van der Waals surface area contributed by atoms with Crippen molar-refractivity contribution in [2.75, 3.05) is 18.2 Å². The highest BCUT2D eigenvalue weighted by atomic mass is 32.2. The number of carbonyl (C=O) groups excluding carboxylic acids is 1. The fraction of sp³-hybridized carbons (Fsp3) is 0.300. The number of rotatable bonds is 4. The number of amides is 1. The van der Waals surface area contributed by atoms with Crippen LogP contribution in [0.1, 0.15) is 0 Å². The lowest BCUT2D eigenvalue weighted by Gasteiger charge is -2.09. The van der Waals surface area contributed by atoms with E-state index in [4.69, 9.17) is 10.8 Å². The minimum absolute atomic E-state index is 0.352. The highest BCUT2D eigenvalue weighted by Gasteiger charge is 2.11. The molecular weight excluding hydrogens is 212 g/mol. The second kappa shape index (κ2) is 5.75. The van der Waals surface area contributed by atoms with Crippen LogP contribution in [0, 0.1) is 0 Å². The van der Waals surface area contributed by atoms with Gasteiger partial charge >= 0.3 is 0 Å². The zero-order valence-corrected chi connectivity index (χ0v) is 9.25. The number of carbonyl (C=O) groups is 1. The molecule has 1 atom stereocenters. The number of nitrogens with two attached hydrogens (primary N) is 1. The summed E-state index contributed by atoms with van der Waals surface area (Å²) < 4.78 is 0. The first kappa shape index (κ1) is 12.0. The zero-order valence-electron chi connectivity index (χ0n) is 8.43. The van der Waals surface area contributed by atoms with E-state index in [1.807, 2.05) is 18.4 Å². The Morgan fingerprint density at radius 3 is 2.60 bits per heavy atom. The van der Waals surface area contributed by atoms with Gasteiger partial charge in [0.15, 0.2) is 0 Å². The van der Waals surface area contributed by atoms with Crippen molar-refractivity contribution in [3.63, 3.8) is 0 Å². The molecule has 0 saturated carbocycles. The quantitative estimate of drug-likeness (QED) is 0.659. The molecule has 0 radical (unpaired) electrons. The van der Waals surface area contributed by atoms with Crippen LogP contribution >= 0.6 is 11.8 Å². The van der Waals surface area contributed by atoms with Gasteiger partial charge in [-0.25, -0.2) is 0 Å². The van der Waals surface area contributed by atoms with Crippen LogP contribution in [-0.2, 0) is 4.79 Å². The Morgan fingerprint density at radius 1 is 1.53 bits per heavy atom. The molecule has 1 rings (SSSR count). The molecule has 0 aliphatic carbocycles. The third kappa shape index (κ3) is 3.54. The number of benzene rings is 1. The molecule has 4 N–H and O–H groups in total. The molecule has 1 aromatic rings. The van der Waals surface area contributed by atoms with E-state index >= 15 is 0 Å². The maximum Gasteiger partial charge on any atom is 0.243 e. The molecule has 0 aliphatic rings. The molecular formula is C10H14N2O2S. The lowest BCUT2D eigenvalue weighted by molar-refractivity contribution is -0.118. The number of aliphatic hydroxyl groups excluding tert-OH is 1. The zero-order chi connectivity index (χ0) is 11.3. The van der Waals surface area contributed by atoms with E-state index in [-0.39, 0.29) is 12.5 Å². The molecule has 0 aliphatic heterocycles. The first-order valence-electron chi connectivity index (χ1n) is 4.48. The lowest BCUT2D eigenvalue weighted by Crippen LogP contribution is -2.38. The number of nitrogens with one attached hydrogen (secondary N) is 1. The summed E-state index contributed by atoms with van der Waals surface area (Å²) >= 11 is 1.63. The molecule has 5 heteroatoms. The summed E-state index contributed by atoms with van der Waals surface area (Å²) in [5.41, 5.74) is 6.04. The Bertz CT molecular complexity index is 327. The predicted octanol–water partition coefficient (Wildman–Crippen LogP) is 0.667. The summed E-state index contributed by atoms with van der Waals surface area (Å²) in [5, 5.41) is 11.3. The number of hydrogen-bond donors (Lipinski definition) is 3. The van der Waals surface area contributed by atoms with Gasteiger partial charge in [-0.15, -0.1) is 11.8 Å². The Morgan fingerprint density at radius 2 is 2.13 bits per heavy atom. The van der Waals surface area contributed by atoms with Crippen molar-refractivity contribution in [2.45, 2.75) is 10.9 Å². The van der Waals surface area contributed by atoms with Crippen molar-refractivity contribution in [3.05, 3.63) is 24.3 Å². The van der Waals surface area contributed by atoms with E-state index in [0.29, 0.717) is 5.69 Å². The first-order chi connectivity index (χ1) is 7.17. The van der Waals surface area contributed by atoms with Gasteiger partial charge in [-0.05, 0) is 30.5 Å². The van der Waals surface area contributed by atoms with Crippen LogP contribution in [0.3, 0.4) is 0 Å². The average molecular weight is 226 g/mol. The van der Waals surface area contributed by atoms with Gasteiger partial charge in [-0.3, -0.25) is 4.79 Å². The summed E-state index contributed by atoms with van der Waals surface area (Å²) in [6.07, 6.45) is 1.98. The summed E-state index contributed by atoms with van der Waals surface area (Å²) in [6, 6.07) is 6.54. The third-order valence-electron chi connectivity index (χ3n) is 1.89. The van der Waals surface area contributed by atoms with Gasteiger partial charge in [-0.1, -0.05) is 0 Å². The van der Waals surface area contributed by atoms with Gasteiger partial charge < -0.3 is 16.2 Å². The van der Waals surface area contributed by atoms with Gasteiger partial charge in [-0.2, -0.15) is 0 Å². The highest BCUT2D eigenvalue weighted by molar-refractivity contribution is 7.98. The van der Waals surface area contributed by atoms with Crippen molar-refractivity contribution < 1.29 is 9.90 Å². The average Bonchev–Trinajstić information content (AvgIpc) is 2.29. The lowest BCUT2D eigenvalue weighted by atomic mass is 10.2. The predicted molar refractivity (Wildman–Crippen MR) is 61.9 cm³/mol. The maximum atomic E-state index is 11.3. The van der Waals surface area contributed by atoms with E-state index in [2.05, 4.69) is 5.32 Å². The second-order valence-corrected chi connectivity index (χ2v) is 3.89. The summed E-state index contributed by atoms with van der Waals surface area (Å²) in [5.74, 6) is -0.380. The fourth-order valence-electron chi connectivity index (χ4n) is 0.992. The number of hydrogen-bond acceptors (Lipinski definition) is 4.